The highest BCUT2D eigenvalue weighted by Crippen LogP contribution is 2.28. The first kappa shape index (κ1) is 17.9. The average Bonchev–Trinajstić information content (AvgIpc) is 2.44. The molecular weight excluding hydrogens is 279 g/mol. The Morgan fingerprint density at radius 2 is 1.95 bits per heavy atom. The Morgan fingerprint density at radius 1 is 1.24 bits per heavy atom. The molecule has 1 unspecified atom stereocenters. The second-order valence-electron chi connectivity index (χ2n) is 5.51. The van der Waals surface area contributed by atoms with Crippen LogP contribution < -0.4 is 5.73 Å². The summed E-state index contributed by atoms with van der Waals surface area (Å²) in [6, 6.07) is 5.65. The minimum absolute atomic E-state index is 0.0932. The zero-order valence-corrected chi connectivity index (χ0v) is 12.7. The molecule has 0 saturated carbocycles. The van der Waals surface area contributed by atoms with E-state index in [9.17, 15) is 13.2 Å². The van der Waals surface area contributed by atoms with Gasteiger partial charge in [0.2, 0.25) is 0 Å². The molecule has 0 aliphatic carbocycles. The Bertz CT molecular complexity index is 408. The van der Waals surface area contributed by atoms with Gasteiger partial charge in [0.1, 0.15) is 0 Å². The summed E-state index contributed by atoms with van der Waals surface area (Å²) in [4.78, 5) is 6.37. The second-order valence-corrected chi connectivity index (χ2v) is 5.51. The molecule has 0 spiro atoms. The van der Waals surface area contributed by atoms with Crippen LogP contribution in [0.5, 0.6) is 0 Å². The van der Waals surface area contributed by atoms with Gasteiger partial charge in [-0.05, 0) is 38.4 Å². The van der Waals surface area contributed by atoms with Crippen LogP contribution in [0.25, 0.3) is 0 Å². The van der Waals surface area contributed by atoms with E-state index in [0.717, 1.165) is 12.2 Å². The van der Waals surface area contributed by atoms with Crippen LogP contribution in [-0.4, -0.2) is 34.7 Å². The number of nitrogens with zero attached hydrogens (tertiary/aromatic N) is 2. The normalized spacial score (nSPS) is 15.2. The molecule has 0 saturated heterocycles. The van der Waals surface area contributed by atoms with E-state index < -0.39 is 18.1 Å². The number of hydrogen-bond acceptors (Lipinski definition) is 3. The minimum atomic E-state index is -4.10. The first-order chi connectivity index (χ1) is 9.80. The maximum Gasteiger partial charge on any atom is 0.389 e. The third kappa shape index (κ3) is 6.01. The van der Waals surface area contributed by atoms with Crippen LogP contribution in [0.2, 0.25) is 0 Å². The number of halogens is 3. The molecule has 21 heavy (non-hydrogen) atoms. The zero-order chi connectivity index (χ0) is 15.9. The van der Waals surface area contributed by atoms with E-state index in [4.69, 9.17) is 5.73 Å². The highest BCUT2D eigenvalue weighted by Gasteiger charge is 2.32. The third-order valence-corrected chi connectivity index (χ3v) is 3.84. The quantitative estimate of drug-likeness (QED) is 0.801. The van der Waals surface area contributed by atoms with Crippen molar-refractivity contribution in [2.24, 2.45) is 5.73 Å². The van der Waals surface area contributed by atoms with Gasteiger partial charge in [0, 0.05) is 31.2 Å². The molecule has 1 rings (SSSR count). The molecule has 0 radical (unpaired) electrons. The molecule has 0 bridgehead atoms. The number of nitrogens with two attached hydrogens (primary N) is 1. The van der Waals surface area contributed by atoms with Crippen molar-refractivity contribution in [1.82, 2.24) is 9.88 Å². The Labute approximate surface area is 124 Å². The highest BCUT2D eigenvalue weighted by atomic mass is 19.4. The summed E-state index contributed by atoms with van der Waals surface area (Å²) in [5.41, 5.74) is 6.29. The molecule has 0 aliphatic rings. The van der Waals surface area contributed by atoms with Crippen LogP contribution in [0.15, 0.2) is 24.4 Å². The van der Waals surface area contributed by atoms with E-state index >= 15 is 0 Å². The summed E-state index contributed by atoms with van der Waals surface area (Å²) in [5, 5.41) is 0. The zero-order valence-electron chi connectivity index (χ0n) is 12.7. The summed E-state index contributed by atoms with van der Waals surface area (Å²) in [6.45, 7) is 5.55. The van der Waals surface area contributed by atoms with E-state index in [1.165, 1.54) is 0 Å². The van der Waals surface area contributed by atoms with Crippen molar-refractivity contribution in [1.29, 1.82) is 0 Å². The lowest BCUT2D eigenvalue weighted by atomic mass is 9.92. The molecule has 1 heterocycles. The highest BCUT2D eigenvalue weighted by molar-refractivity contribution is 5.04. The number of likely N-dealkylation sites (N-methyl/N-ethyl adjacent to an activating group) is 1. The maximum absolute atomic E-state index is 12.3. The fourth-order valence-corrected chi connectivity index (χ4v) is 2.43. The summed E-state index contributed by atoms with van der Waals surface area (Å²) in [5.74, 6) is 0. The molecule has 1 aromatic rings. The standard InChI is InChI=1S/C15H24F3N3/c1-3-21(11-13-7-4-5-10-20-13)14(2,12-19)8-6-9-15(16,17)18/h4-5,7,10H,3,6,8-9,11-12,19H2,1-2H3. The molecule has 0 aliphatic heterocycles. The monoisotopic (exact) mass is 303 g/mol. The molecule has 6 heteroatoms. The summed E-state index contributed by atoms with van der Waals surface area (Å²) in [7, 11) is 0. The van der Waals surface area contributed by atoms with E-state index in [1.54, 1.807) is 6.20 Å². The van der Waals surface area contributed by atoms with Crippen molar-refractivity contribution in [2.75, 3.05) is 13.1 Å². The molecule has 3 nitrogen and oxygen atoms in total. The lowest BCUT2D eigenvalue weighted by molar-refractivity contribution is -0.137. The number of aromatic nitrogens is 1. The lowest BCUT2D eigenvalue weighted by Crippen LogP contribution is -2.51. The first-order valence-electron chi connectivity index (χ1n) is 7.22. The van der Waals surface area contributed by atoms with Crippen molar-refractivity contribution >= 4 is 0 Å². The van der Waals surface area contributed by atoms with Crippen molar-refractivity contribution in [3.63, 3.8) is 0 Å². The average molecular weight is 303 g/mol. The van der Waals surface area contributed by atoms with Crippen LogP contribution in [0.3, 0.4) is 0 Å². The van der Waals surface area contributed by atoms with Gasteiger partial charge in [-0.1, -0.05) is 13.0 Å². The van der Waals surface area contributed by atoms with Crippen molar-refractivity contribution in [2.45, 2.75) is 51.4 Å². The SMILES string of the molecule is CCN(Cc1ccccn1)C(C)(CN)CCCC(F)(F)F. The summed E-state index contributed by atoms with van der Waals surface area (Å²) in [6.07, 6.45) is -2.64. The van der Waals surface area contributed by atoms with E-state index in [2.05, 4.69) is 9.88 Å². The van der Waals surface area contributed by atoms with Gasteiger partial charge in [-0.15, -0.1) is 0 Å². The topological polar surface area (TPSA) is 42.2 Å². The predicted octanol–water partition coefficient (Wildman–Crippen LogP) is 3.35. The molecule has 1 atom stereocenters. The van der Waals surface area contributed by atoms with Crippen molar-refractivity contribution in [3.8, 4) is 0 Å². The van der Waals surface area contributed by atoms with Crippen LogP contribution in [0.4, 0.5) is 13.2 Å². The van der Waals surface area contributed by atoms with Gasteiger partial charge in [0.15, 0.2) is 0 Å². The second kappa shape index (κ2) is 7.75. The molecule has 120 valence electrons. The fraction of sp³-hybridized carbons (Fsp3) is 0.667. The van der Waals surface area contributed by atoms with E-state index in [-0.39, 0.29) is 6.42 Å². The predicted molar refractivity (Wildman–Crippen MR) is 77.7 cm³/mol. The van der Waals surface area contributed by atoms with Gasteiger partial charge in [-0.2, -0.15) is 13.2 Å². The maximum atomic E-state index is 12.3. The smallest absolute Gasteiger partial charge is 0.329 e. The van der Waals surface area contributed by atoms with E-state index in [0.29, 0.717) is 19.5 Å². The van der Waals surface area contributed by atoms with Gasteiger partial charge >= 0.3 is 6.18 Å². The molecular formula is C15H24F3N3. The number of pyridine rings is 1. The largest absolute Gasteiger partial charge is 0.389 e. The van der Waals surface area contributed by atoms with Crippen LogP contribution in [-0.2, 0) is 6.54 Å². The summed E-state index contributed by atoms with van der Waals surface area (Å²) >= 11 is 0. The molecule has 0 aromatic carbocycles. The third-order valence-electron chi connectivity index (χ3n) is 3.84. The Balaban J connectivity index is 2.68. The number of hydrogen-bond donors (Lipinski definition) is 1. The van der Waals surface area contributed by atoms with Gasteiger partial charge in [0.05, 0.1) is 5.69 Å². The van der Waals surface area contributed by atoms with Crippen LogP contribution in [0.1, 0.15) is 38.8 Å². The summed E-state index contributed by atoms with van der Waals surface area (Å²) < 4.78 is 36.9. The van der Waals surface area contributed by atoms with Gasteiger partial charge in [-0.25, -0.2) is 0 Å². The van der Waals surface area contributed by atoms with Crippen LogP contribution >= 0.6 is 0 Å². The fourth-order valence-electron chi connectivity index (χ4n) is 2.43. The Hall–Kier alpha value is -1.14. The van der Waals surface area contributed by atoms with E-state index in [1.807, 2.05) is 32.0 Å². The molecule has 0 amide bonds. The lowest BCUT2D eigenvalue weighted by Gasteiger charge is -2.40. The molecule has 2 N–H and O–H groups in total. The first-order valence-corrected chi connectivity index (χ1v) is 7.22. The van der Waals surface area contributed by atoms with Gasteiger partial charge < -0.3 is 5.73 Å². The molecule has 1 aromatic heterocycles. The van der Waals surface area contributed by atoms with Crippen LogP contribution in [0, 0.1) is 0 Å². The minimum Gasteiger partial charge on any atom is -0.329 e. The number of alkyl halides is 3. The Morgan fingerprint density at radius 3 is 2.43 bits per heavy atom. The molecule has 0 fully saturated rings. The van der Waals surface area contributed by atoms with Crippen molar-refractivity contribution in [3.05, 3.63) is 30.1 Å². The Kier molecular flexibility index (Phi) is 6.61. The van der Waals surface area contributed by atoms with Gasteiger partial charge in [-0.3, -0.25) is 9.88 Å². The van der Waals surface area contributed by atoms with Gasteiger partial charge in [0.25, 0.3) is 0 Å². The number of rotatable bonds is 8. The van der Waals surface area contributed by atoms with Crippen molar-refractivity contribution < 1.29 is 13.2 Å².